The Bertz CT molecular complexity index is 1450. The Balaban J connectivity index is 1.82. The molecule has 4 rings (SSSR count). The van der Waals surface area contributed by atoms with Gasteiger partial charge in [0, 0.05) is 6.54 Å². The molecule has 3 aromatic carbocycles. The van der Waals surface area contributed by atoms with Crippen molar-refractivity contribution >= 4 is 5.91 Å². The van der Waals surface area contributed by atoms with Gasteiger partial charge in [-0.15, -0.1) is 0 Å². The van der Waals surface area contributed by atoms with E-state index in [0.29, 0.717) is 5.69 Å². The van der Waals surface area contributed by atoms with Crippen LogP contribution in [0.5, 0.6) is 0 Å². The van der Waals surface area contributed by atoms with Gasteiger partial charge in [0.1, 0.15) is 0 Å². The lowest BCUT2D eigenvalue weighted by Crippen LogP contribution is -2.46. The zero-order valence-corrected chi connectivity index (χ0v) is 19.4. The maximum absolute atomic E-state index is 13.4. The summed E-state index contributed by atoms with van der Waals surface area (Å²) in [4.78, 5) is 39.7. The predicted octanol–water partition coefficient (Wildman–Crippen LogP) is 3.30. The molecule has 1 heterocycles. The molecule has 0 fully saturated rings. The maximum Gasteiger partial charge on any atom is 0.352 e. The number of nitrogens with one attached hydrogen (secondary N) is 1. The Morgan fingerprint density at radius 3 is 2.18 bits per heavy atom. The van der Waals surface area contributed by atoms with Gasteiger partial charge < -0.3 is 5.32 Å². The van der Waals surface area contributed by atoms with Crippen molar-refractivity contribution in [2.24, 2.45) is 0 Å². The summed E-state index contributed by atoms with van der Waals surface area (Å²) in [5.41, 5.74) is 3.40. The van der Waals surface area contributed by atoms with Gasteiger partial charge >= 0.3 is 5.69 Å². The van der Waals surface area contributed by atoms with Crippen LogP contribution >= 0.6 is 0 Å². The van der Waals surface area contributed by atoms with Gasteiger partial charge in [0.05, 0.1) is 12.2 Å². The van der Waals surface area contributed by atoms with Crippen molar-refractivity contribution < 1.29 is 4.79 Å². The van der Waals surface area contributed by atoms with E-state index >= 15 is 0 Å². The zero-order chi connectivity index (χ0) is 24.2. The average Bonchev–Trinajstić information content (AvgIpc) is 2.80. The highest BCUT2D eigenvalue weighted by Gasteiger charge is 2.20. The van der Waals surface area contributed by atoms with E-state index in [1.165, 1.54) is 0 Å². The maximum atomic E-state index is 13.4. The molecule has 4 aromatic rings. The second kappa shape index (κ2) is 9.70. The molecule has 0 aliphatic carbocycles. The van der Waals surface area contributed by atoms with Crippen molar-refractivity contribution in [1.29, 1.82) is 0 Å². The Labute approximate surface area is 197 Å². The lowest BCUT2D eigenvalue weighted by molar-refractivity contribution is 0.0941. The van der Waals surface area contributed by atoms with E-state index in [0.717, 1.165) is 37.1 Å². The topological polar surface area (TPSA) is 86.0 Å². The van der Waals surface area contributed by atoms with Crippen LogP contribution < -0.4 is 16.6 Å². The third-order valence-electron chi connectivity index (χ3n) is 5.44. The SMILES string of the molecule is Cc1cccc(Cn2c(=O)c(C(=O)NCc3ccccc3)nn(-c3cc(C)cc(C)c3)c2=O)c1. The van der Waals surface area contributed by atoms with Gasteiger partial charge in [0.25, 0.3) is 11.5 Å². The molecule has 0 aliphatic heterocycles. The first-order valence-corrected chi connectivity index (χ1v) is 11.0. The first-order valence-electron chi connectivity index (χ1n) is 11.0. The van der Waals surface area contributed by atoms with Crippen molar-refractivity contribution in [3.63, 3.8) is 0 Å². The van der Waals surface area contributed by atoms with E-state index in [2.05, 4.69) is 10.4 Å². The smallest absolute Gasteiger partial charge is 0.346 e. The highest BCUT2D eigenvalue weighted by atomic mass is 16.2. The summed E-state index contributed by atoms with van der Waals surface area (Å²) in [6.07, 6.45) is 0. The van der Waals surface area contributed by atoms with Crippen molar-refractivity contribution in [3.8, 4) is 5.69 Å². The van der Waals surface area contributed by atoms with Crippen LogP contribution in [0.4, 0.5) is 0 Å². The lowest BCUT2D eigenvalue weighted by atomic mass is 10.1. The largest absolute Gasteiger partial charge is 0.352 e. The van der Waals surface area contributed by atoms with Crippen LogP contribution in [0.1, 0.15) is 38.3 Å². The van der Waals surface area contributed by atoms with E-state index in [9.17, 15) is 14.4 Å². The minimum Gasteiger partial charge on any atom is -0.346 e. The second-order valence-corrected chi connectivity index (χ2v) is 8.44. The number of carbonyl (C=O) groups is 1. The number of amides is 1. The van der Waals surface area contributed by atoms with Gasteiger partial charge in [0.2, 0.25) is 5.69 Å². The van der Waals surface area contributed by atoms with Gasteiger partial charge in [-0.05, 0) is 55.2 Å². The molecule has 0 atom stereocenters. The highest BCUT2D eigenvalue weighted by Crippen LogP contribution is 2.11. The molecule has 34 heavy (non-hydrogen) atoms. The second-order valence-electron chi connectivity index (χ2n) is 8.44. The molecule has 1 N–H and O–H groups in total. The average molecular weight is 455 g/mol. The van der Waals surface area contributed by atoms with E-state index < -0.39 is 17.2 Å². The quantitative estimate of drug-likeness (QED) is 0.484. The van der Waals surface area contributed by atoms with E-state index in [1.807, 2.05) is 81.4 Å². The van der Waals surface area contributed by atoms with Crippen LogP contribution in [0.25, 0.3) is 5.69 Å². The number of hydrogen-bond donors (Lipinski definition) is 1. The minimum atomic E-state index is -0.724. The zero-order valence-electron chi connectivity index (χ0n) is 19.4. The van der Waals surface area contributed by atoms with E-state index in [-0.39, 0.29) is 18.8 Å². The monoisotopic (exact) mass is 454 g/mol. The van der Waals surface area contributed by atoms with Gasteiger partial charge in [-0.2, -0.15) is 9.78 Å². The van der Waals surface area contributed by atoms with Crippen molar-refractivity contribution in [1.82, 2.24) is 19.7 Å². The fourth-order valence-electron chi connectivity index (χ4n) is 3.89. The Morgan fingerprint density at radius 2 is 1.50 bits per heavy atom. The first-order chi connectivity index (χ1) is 16.3. The third kappa shape index (κ3) is 5.04. The lowest BCUT2D eigenvalue weighted by Gasteiger charge is -2.13. The molecule has 7 heteroatoms. The molecule has 0 saturated heterocycles. The molecule has 0 unspecified atom stereocenters. The van der Waals surface area contributed by atoms with Crippen molar-refractivity contribution in [3.05, 3.63) is 127 Å². The van der Waals surface area contributed by atoms with Crippen LogP contribution in [0, 0.1) is 20.8 Å². The van der Waals surface area contributed by atoms with Crippen LogP contribution in [0.3, 0.4) is 0 Å². The number of rotatable bonds is 6. The minimum absolute atomic E-state index is 0.0334. The van der Waals surface area contributed by atoms with Gasteiger partial charge in [-0.1, -0.05) is 66.2 Å². The predicted molar refractivity (Wildman–Crippen MR) is 131 cm³/mol. The van der Waals surface area contributed by atoms with Crippen LogP contribution in [-0.4, -0.2) is 20.3 Å². The summed E-state index contributed by atoms with van der Waals surface area (Å²) in [5, 5.41) is 6.96. The molecule has 0 spiro atoms. The van der Waals surface area contributed by atoms with Gasteiger partial charge in [-0.25, -0.2) is 4.79 Å². The normalized spacial score (nSPS) is 10.8. The first kappa shape index (κ1) is 22.9. The van der Waals surface area contributed by atoms with Gasteiger partial charge in [0.15, 0.2) is 0 Å². The molecule has 0 radical (unpaired) electrons. The van der Waals surface area contributed by atoms with Crippen molar-refractivity contribution in [2.45, 2.75) is 33.9 Å². The third-order valence-corrected chi connectivity index (χ3v) is 5.44. The number of hydrogen-bond acceptors (Lipinski definition) is 4. The molecule has 0 bridgehead atoms. The molecule has 172 valence electrons. The summed E-state index contributed by atoms with van der Waals surface area (Å²) in [6.45, 7) is 6.04. The molecular formula is C27H26N4O3. The summed E-state index contributed by atoms with van der Waals surface area (Å²) in [7, 11) is 0. The molecule has 0 aliphatic rings. The Morgan fingerprint density at radius 1 is 0.824 bits per heavy atom. The number of aromatic nitrogens is 3. The molecule has 0 saturated carbocycles. The van der Waals surface area contributed by atoms with Crippen LogP contribution in [0.15, 0.2) is 82.4 Å². The molecule has 1 amide bonds. The summed E-state index contributed by atoms with van der Waals surface area (Å²) < 4.78 is 2.20. The number of benzene rings is 3. The summed E-state index contributed by atoms with van der Waals surface area (Å²) in [6, 6.07) is 22.5. The fraction of sp³-hybridized carbons (Fsp3) is 0.185. The molecular weight excluding hydrogens is 428 g/mol. The summed E-state index contributed by atoms with van der Waals surface area (Å²) >= 11 is 0. The van der Waals surface area contributed by atoms with Gasteiger partial charge in [-0.3, -0.25) is 14.2 Å². The summed E-state index contributed by atoms with van der Waals surface area (Å²) in [5.74, 6) is -0.634. The standard InChI is InChI=1S/C27H26N4O3/c1-18-8-7-11-22(13-18)17-30-26(33)24(25(32)28-16-21-9-5-4-6-10-21)29-31(27(30)34)23-14-19(2)12-20(3)15-23/h4-15H,16-17H2,1-3H3,(H,28,32). The number of aryl methyl sites for hydroxylation is 3. The number of carbonyl (C=O) groups excluding carboxylic acids is 1. The van der Waals surface area contributed by atoms with Crippen LogP contribution in [0.2, 0.25) is 0 Å². The van der Waals surface area contributed by atoms with Crippen molar-refractivity contribution in [2.75, 3.05) is 0 Å². The Hall–Kier alpha value is -4.26. The fourth-order valence-corrected chi connectivity index (χ4v) is 3.89. The molecule has 7 nitrogen and oxygen atoms in total. The van der Waals surface area contributed by atoms with E-state index in [1.54, 1.807) is 12.1 Å². The molecule has 1 aromatic heterocycles. The van der Waals surface area contributed by atoms with Crippen LogP contribution in [-0.2, 0) is 13.1 Å². The highest BCUT2D eigenvalue weighted by molar-refractivity contribution is 5.91. The van der Waals surface area contributed by atoms with E-state index in [4.69, 9.17) is 0 Å². The Kier molecular flexibility index (Phi) is 6.54. The number of nitrogens with zero attached hydrogens (tertiary/aromatic N) is 3.